The van der Waals surface area contributed by atoms with Crippen LogP contribution in [0.1, 0.15) is 110 Å². The van der Waals surface area contributed by atoms with Gasteiger partial charge in [0.2, 0.25) is 0 Å². The fourth-order valence-corrected chi connectivity index (χ4v) is 10.3. The van der Waals surface area contributed by atoms with Crippen LogP contribution in [-0.4, -0.2) is 97.0 Å². The topological polar surface area (TPSA) is 215 Å². The van der Waals surface area contributed by atoms with Crippen molar-refractivity contribution in [1.29, 1.82) is 0 Å². The highest BCUT2D eigenvalue weighted by Gasteiger charge is 2.77. The number of carbonyl (C=O) groups excluding carboxylic acids is 5. The maximum Gasteiger partial charge on any atom is 0.408 e. The first-order valence-corrected chi connectivity index (χ1v) is 20.1. The van der Waals surface area contributed by atoms with Crippen LogP contribution in [0.25, 0.3) is 0 Å². The molecule has 0 unspecified atom stereocenters. The second kappa shape index (κ2) is 15.1. The molecule has 2 aromatic rings. The molecule has 14 heteroatoms. The van der Waals surface area contributed by atoms with Crippen LogP contribution >= 0.6 is 0 Å². The molecule has 0 spiro atoms. The van der Waals surface area contributed by atoms with Crippen molar-refractivity contribution < 1.29 is 63.3 Å². The Morgan fingerprint density at radius 1 is 0.915 bits per heavy atom. The molecule has 1 amide bonds. The number of Topliss-reactive ketones (excluding diaryl/α,β-unsaturated/α-hetero) is 1. The molecule has 0 aliphatic heterocycles. The third-order valence-electron chi connectivity index (χ3n) is 13.5. The molecule has 59 heavy (non-hydrogen) atoms. The number of nitrogens with one attached hydrogen (secondary N) is 1. The van der Waals surface area contributed by atoms with E-state index in [0.717, 1.165) is 6.92 Å². The third-order valence-corrected chi connectivity index (χ3v) is 13.5. The molecule has 0 aromatic heterocycles. The summed E-state index contributed by atoms with van der Waals surface area (Å²) >= 11 is 0. The lowest BCUT2D eigenvalue weighted by atomic mass is 9.41. The van der Waals surface area contributed by atoms with Crippen LogP contribution in [-0.2, 0) is 33.3 Å². The Balaban J connectivity index is 1.51. The van der Waals surface area contributed by atoms with Crippen LogP contribution in [0.2, 0.25) is 0 Å². The van der Waals surface area contributed by atoms with Gasteiger partial charge in [-0.25, -0.2) is 14.4 Å². The van der Waals surface area contributed by atoms with Gasteiger partial charge >= 0.3 is 24.0 Å². The van der Waals surface area contributed by atoms with Gasteiger partial charge in [-0.15, -0.1) is 0 Å². The summed E-state index contributed by atoms with van der Waals surface area (Å²) in [6.07, 6.45) is -7.26. The van der Waals surface area contributed by atoms with Crippen LogP contribution in [0.15, 0.2) is 71.8 Å². The van der Waals surface area contributed by atoms with Crippen LogP contribution in [0.3, 0.4) is 0 Å². The van der Waals surface area contributed by atoms with Crippen molar-refractivity contribution in [2.45, 2.75) is 141 Å². The number of benzene rings is 2. The van der Waals surface area contributed by atoms with Crippen LogP contribution in [0, 0.1) is 22.7 Å². The second-order valence-electron chi connectivity index (χ2n) is 18.6. The number of carbonyl (C=O) groups is 5. The third kappa shape index (κ3) is 7.25. The number of ether oxygens (including phenoxy) is 4. The predicted molar refractivity (Wildman–Crippen MR) is 211 cm³/mol. The predicted octanol–water partition coefficient (Wildman–Crippen LogP) is 4.66. The second-order valence-corrected chi connectivity index (χ2v) is 18.6. The van der Waals surface area contributed by atoms with Gasteiger partial charge in [-0.2, -0.15) is 0 Å². The molecule has 5 N–H and O–H groups in total. The standard InChI is InChI=1S/C45H57NO13/c1-24-29(56-38(52)43(9,54)34(26-16-12-10-13-17-26)46-39(53)59-40(3,4)5)23-45(55)36(57-37(51)27-18-14-11-15-19-27)33-42(8,35(50)32(49)31(24)41(45,6)7)30(48)22-28-20-21-44(28,33)58-25(2)47/h10-19,28-30,32-34,36,48-49,54-55H,20-23H2,1-9H3,(H,46,53)/t28-,29+,30+,32-,33+,34+,36+,42-,43-,44+,45-/m1/s1. The van der Waals surface area contributed by atoms with Gasteiger partial charge in [0.25, 0.3) is 0 Å². The molecule has 4 aliphatic carbocycles. The number of amides is 1. The van der Waals surface area contributed by atoms with Crippen molar-refractivity contribution in [3.8, 4) is 0 Å². The van der Waals surface area contributed by atoms with E-state index < -0.39 is 112 Å². The Labute approximate surface area is 344 Å². The molecule has 320 valence electrons. The lowest BCUT2D eigenvalue weighted by molar-refractivity contribution is -0.296. The summed E-state index contributed by atoms with van der Waals surface area (Å²) in [5.74, 6) is -5.57. The van der Waals surface area contributed by atoms with Crippen molar-refractivity contribution in [2.75, 3.05) is 0 Å². The number of aliphatic hydroxyl groups excluding tert-OH is 2. The van der Waals surface area contributed by atoms with E-state index in [1.165, 1.54) is 32.9 Å². The number of rotatable bonds is 8. The summed E-state index contributed by atoms with van der Waals surface area (Å²) in [6, 6.07) is 14.8. The van der Waals surface area contributed by atoms with E-state index in [4.69, 9.17) is 18.9 Å². The van der Waals surface area contributed by atoms with E-state index >= 15 is 4.79 Å². The van der Waals surface area contributed by atoms with Crippen molar-refractivity contribution in [3.05, 3.63) is 82.9 Å². The number of alkyl carbamates (subject to hydrolysis) is 1. The SMILES string of the molecule is CC(=O)O[C@@]12CC[C@@H]1C[C@H](O)[C@@]1(C)C(=O)[C@H](O)C3=C(C)[C@@H](OC(=O)[C@](C)(O)[C@@H](NC(=O)OC(C)(C)C)c4ccccc4)C[C@@](O)([C@@H](OC(=O)c4ccccc4)[C@H]21)C3(C)C. The van der Waals surface area contributed by atoms with Crippen molar-refractivity contribution in [1.82, 2.24) is 5.32 Å². The minimum absolute atomic E-state index is 0.0349. The van der Waals surface area contributed by atoms with E-state index in [0.29, 0.717) is 12.0 Å². The summed E-state index contributed by atoms with van der Waals surface area (Å²) in [4.78, 5) is 69.7. The zero-order chi connectivity index (χ0) is 43.7. The highest BCUT2D eigenvalue weighted by Crippen LogP contribution is 2.67. The summed E-state index contributed by atoms with van der Waals surface area (Å²) in [5, 5.41) is 52.4. The van der Waals surface area contributed by atoms with Gasteiger partial charge in [-0.1, -0.05) is 62.4 Å². The highest BCUT2D eigenvalue weighted by molar-refractivity contribution is 5.94. The molecule has 0 saturated heterocycles. The first kappa shape index (κ1) is 43.9. The van der Waals surface area contributed by atoms with Gasteiger partial charge in [0.05, 0.1) is 29.0 Å². The van der Waals surface area contributed by atoms with Crippen molar-refractivity contribution in [2.24, 2.45) is 22.7 Å². The Bertz CT molecular complexity index is 2020. The smallest absolute Gasteiger partial charge is 0.408 e. The first-order valence-electron chi connectivity index (χ1n) is 20.1. The Morgan fingerprint density at radius 3 is 2.05 bits per heavy atom. The molecule has 6 rings (SSSR count). The Morgan fingerprint density at radius 2 is 1.51 bits per heavy atom. The van der Waals surface area contributed by atoms with E-state index in [1.54, 1.807) is 83.1 Å². The first-order chi connectivity index (χ1) is 27.3. The summed E-state index contributed by atoms with van der Waals surface area (Å²) in [7, 11) is 0. The molecule has 4 aliphatic rings. The number of esters is 3. The number of ketones is 1. The Hall–Kier alpha value is -4.63. The van der Waals surface area contributed by atoms with Gasteiger partial charge in [0.15, 0.2) is 11.4 Å². The summed E-state index contributed by atoms with van der Waals surface area (Å²) in [6.45, 7) is 13.5. The van der Waals surface area contributed by atoms with Gasteiger partial charge in [-0.3, -0.25) is 9.59 Å². The summed E-state index contributed by atoms with van der Waals surface area (Å²) in [5.41, 5.74) is -10.2. The average Bonchev–Trinajstić information content (AvgIpc) is 3.15. The number of aliphatic hydroxyl groups is 4. The molecular formula is C45H57NO13. The van der Waals surface area contributed by atoms with Gasteiger partial charge in [-0.05, 0) is 89.6 Å². The normalized spacial score (nSPS) is 33.9. The Kier molecular flexibility index (Phi) is 11.3. The summed E-state index contributed by atoms with van der Waals surface area (Å²) < 4.78 is 24.1. The van der Waals surface area contributed by atoms with Crippen molar-refractivity contribution in [3.63, 3.8) is 0 Å². The molecule has 3 saturated carbocycles. The number of hydrogen-bond donors (Lipinski definition) is 5. The minimum atomic E-state index is -2.49. The van der Waals surface area contributed by atoms with Crippen LogP contribution < -0.4 is 5.32 Å². The largest absolute Gasteiger partial charge is 0.458 e. The maximum atomic E-state index is 15.0. The molecular weight excluding hydrogens is 762 g/mol. The average molecular weight is 820 g/mol. The number of fused-ring (bicyclic) bond motifs is 5. The molecule has 11 atom stereocenters. The minimum Gasteiger partial charge on any atom is -0.458 e. The van der Waals surface area contributed by atoms with E-state index in [1.807, 2.05) is 0 Å². The van der Waals surface area contributed by atoms with E-state index in [2.05, 4.69) is 5.32 Å². The fourth-order valence-electron chi connectivity index (χ4n) is 10.3. The lowest BCUT2D eigenvalue weighted by Gasteiger charge is -2.68. The molecule has 2 aromatic carbocycles. The monoisotopic (exact) mass is 819 g/mol. The van der Waals surface area contributed by atoms with Crippen molar-refractivity contribution >= 4 is 29.8 Å². The maximum absolute atomic E-state index is 15.0. The quantitative estimate of drug-likeness (QED) is 0.139. The number of hydrogen-bond acceptors (Lipinski definition) is 13. The van der Waals surface area contributed by atoms with E-state index in [9.17, 15) is 39.6 Å². The van der Waals surface area contributed by atoms with Gasteiger partial charge < -0.3 is 44.7 Å². The van der Waals surface area contributed by atoms with Crippen LogP contribution in [0.4, 0.5) is 4.79 Å². The molecule has 2 bridgehead atoms. The zero-order valence-electron chi connectivity index (χ0n) is 35.1. The molecule has 0 radical (unpaired) electrons. The molecule has 14 nitrogen and oxygen atoms in total. The van der Waals surface area contributed by atoms with Crippen LogP contribution in [0.5, 0.6) is 0 Å². The lowest BCUT2D eigenvalue weighted by Crippen LogP contribution is -2.78. The zero-order valence-corrected chi connectivity index (χ0v) is 35.1. The molecule has 3 fully saturated rings. The van der Waals surface area contributed by atoms with Gasteiger partial charge in [0.1, 0.15) is 35.1 Å². The fraction of sp³-hybridized carbons (Fsp3) is 0.578. The molecule has 0 heterocycles. The highest BCUT2D eigenvalue weighted by atomic mass is 16.6. The van der Waals surface area contributed by atoms with Gasteiger partial charge in [0, 0.05) is 24.7 Å². The van der Waals surface area contributed by atoms with E-state index in [-0.39, 0.29) is 29.6 Å².